The monoisotopic (exact) mass is 225 g/mol. The first kappa shape index (κ1) is 10.6. The fourth-order valence-electron chi connectivity index (χ4n) is 1.00. The third-order valence-electron chi connectivity index (χ3n) is 1.65. The SMILES string of the molecule is COC(=O)[C@@H]1N=C(C(Cl)Cl)O[C@H]1C. The summed E-state index contributed by atoms with van der Waals surface area (Å²) in [6, 6.07) is -0.653. The van der Waals surface area contributed by atoms with Crippen molar-refractivity contribution in [1.82, 2.24) is 0 Å². The Labute approximate surface area is 85.8 Å². The van der Waals surface area contributed by atoms with Gasteiger partial charge in [0.05, 0.1) is 7.11 Å². The first-order chi connectivity index (χ1) is 6.06. The van der Waals surface area contributed by atoms with E-state index in [0.29, 0.717) is 0 Å². The number of alkyl halides is 2. The van der Waals surface area contributed by atoms with Gasteiger partial charge in [0.1, 0.15) is 6.10 Å². The summed E-state index contributed by atoms with van der Waals surface area (Å²) >= 11 is 11.0. The zero-order chi connectivity index (χ0) is 10.0. The van der Waals surface area contributed by atoms with Crippen LogP contribution in [0.15, 0.2) is 4.99 Å². The molecular weight excluding hydrogens is 217 g/mol. The number of ether oxygens (including phenoxy) is 2. The number of rotatable bonds is 2. The van der Waals surface area contributed by atoms with Gasteiger partial charge < -0.3 is 9.47 Å². The van der Waals surface area contributed by atoms with Gasteiger partial charge >= 0.3 is 5.97 Å². The fraction of sp³-hybridized carbons (Fsp3) is 0.714. The number of halogens is 2. The van der Waals surface area contributed by atoms with Crippen LogP contribution in [-0.2, 0) is 14.3 Å². The van der Waals surface area contributed by atoms with Crippen molar-refractivity contribution in [2.75, 3.05) is 7.11 Å². The third kappa shape index (κ3) is 2.25. The lowest BCUT2D eigenvalue weighted by Crippen LogP contribution is -2.28. The molecule has 0 saturated carbocycles. The zero-order valence-electron chi connectivity index (χ0n) is 7.16. The second-order valence-electron chi connectivity index (χ2n) is 2.56. The van der Waals surface area contributed by atoms with Gasteiger partial charge in [0.25, 0.3) is 0 Å². The molecule has 0 saturated heterocycles. The molecule has 1 rings (SSSR count). The van der Waals surface area contributed by atoms with Gasteiger partial charge in [0.2, 0.25) is 5.90 Å². The van der Waals surface area contributed by atoms with Gasteiger partial charge in [-0.2, -0.15) is 0 Å². The van der Waals surface area contributed by atoms with Crippen molar-refractivity contribution in [1.29, 1.82) is 0 Å². The Morgan fingerprint density at radius 3 is 2.69 bits per heavy atom. The Kier molecular flexibility index (Phi) is 3.39. The average molecular weight is 226 g/mol. The molecule has 0 fully saturated rings. The van der Waals surface area contributed by atoms with Crippen LogP contribution in [0.1, 0.15) is 6.92 Å². The van der Waals surface area contributed by atoms with E-state index in [-0.39, 0.29) is 12.0 Å². The largest absolute Gasteiger partial charge is 0.473 e. The number of esters is 1. The molecule has 0 aromatic heterocycles. The molecule has 1 aliphatic heterocycles. The van der Waals surface area contributed by atoms with E-state index < -0.39 is 16.8 Å². The zero-order valence-corrected chi connectivity index (χ0v) is 8.67. The van der Waals surface area contributed by atoms with Crippen molar-refractivity contribution in [3.8, 4) is 0 Å². The van der Waals surface area contributed by atoms with Gasteiger partial charge in [-0.15, -0.1) is 0 Å². The highest BCUT2D eigenvalue weighted by Crippen LogP contribution is 2.19. The van der Waals surface area contributed by atoms with Gasteiger partial charge in [-0.1, -0.05) is 23.2 Å². The van der Waals surface area contributed by atoms with Crippen molar-refractivity contribution in [2.45, 2.75) is 23.9 Å². The highest BCUT2D eigenvalue weighted by molar-refractivity contribution is 6.53. The van der Waals surface area contributed by atoms with Crippen LogP contribution < -0.4 is 0 Å². The molecule has 1 heterocycles. The maximum atomic E-state index is 11.1. The first-order valence-corrected chi connectivity index (χ1v) is 4.54. The molecule has 0 spiro atoms. The van der Waals surface area contributed by atoms with E-state index in [9.17, 15) is 4.79 Å². The van der Waals surface area contributed by atoms with E-state index in [2.05, 4.69) is 9.73 Å². The smallest absolute Gasteiger partial charge is 0.334 e. The minimum atomic E-state index is -0.836. The molecule has 4 nitrogen and oxygen atoms in total. The van der Waals surface area contributed by atoms with E-state index in [1.807, 2.05) is 0 Å². The summed E-state index contributed by atoms with van der Waals surface area (Å²) in [7, 11) is 1.29. The minimum Gasteiger partial charge on any atom is -0.473 e. The lowest BCUT2D eigenvalue weighted by atomic mass is 10.2. The maximum Gasteiger partial charge on any atom is 0.334 e. The number of aliphatic imine (C=N–C) groups is 1. The summed E-state index contributed by atoms with van der Waals surface area (Å²) in [5.41, 5.74) is 0. The highest BCUT2D eigenvalue weighted by Gasteiger charge is 2.35. The molecule has 1 aliphatic rings. The minimum absolute atomic E-state index is 0.172. The van der Waals surface area contributed by atoms with Gasteiger partial charge in [0, 0.05) is 0 Å². The molecule has 0 radical (unpaired) electrons. The molecule has 0 unspecified atom stereocenters. The summed E-state index contributed by atoms with van der Waals surface area (Å²) in [4.78, 5) is 14.2. The number of hydrogen-bond acceptors (Lipinski definition) is 4. The molecule has 13 heavy (non-hydrogen) atoms. The van der Waals surface area contributed by atoms with E-state index in [4.69, 9.17) is 27.9 Å². The Hall–Kier alpha value is -0.480. The fourth-order valence-corrected chi connectivity index (χ4v) is 1.22. The van der Waals surface area contributed by atoms with Gasteiger partial charge in [-0.05, 0) is 6.92 Å². The van der Waals surface area contributed by atoms with Crippen molar-refractivity contribution in [2.24, 2.45) is 4.99 Å². The van der Waals surface area contributed by atoms with Gasteiger partial charge in [0.15, 0.2) is 10.9 Å². The summed E-state index contributed by atoms with van der Waals surface area (Å²) < 4.78 is 9.66. The second-order valence-corrected chi connectivity index (χ2v) is 3.66. The normalized spacial score (nSPS) is 27.0. The third-order valence-corrected chi connectivity index (χ3v) is 2.02. The molecule has 2 atom stereocenters. The summed E-state index contributed by atoms with van der Waals surface area (Å²) in [6.07, 6.45) is -0.373. The molecular formula is C7H9Cl2NO3. The Morgan fingerprint density at radius 1 is 1.69 bits per heavy atom. The average Bonchev–Trinajstić information content (AvgIpc) is 2.46. The van der Waals surface area contributed by atoms with Crippen LogP contribution in [0.3, 0.4) is 0 Å². The van der Waals surface area contributed by atoms with Crippen molar-refractivity contribution >= 4 is 35.1 Å². The maximum absolute atomic E-state index is 11.1. The Morgan fingerprint density at radius 2 is 2.31 bits per heavy atom. The summed E-state index contributed by atoms with van der Waals surface area (Å²) in [6.45, 7) is 1.70. The number of methoxy groups -OCH3 is 1. The topological polar surface area (TPSA) is 47.9 Å². The predicted molar refractivity (Wildman–Crippen MR) is 49.3 cm³/mol. The predicted octanol–water partition coefficient (Wildman–Crippen LogP) is 1.15. The van der Waals surface area contributed by atoms with E-state index >= 15 is 0 Å². The lowest BCUT2D eigenvalue weighted by Gasteiger charge is -2.09. The van der Waals surface area contributed by atoms with Crippen LogP contribution >= 0.6 is 23.2 Å². The van der Waals surface area contributed by atoms with Gasteiger partial charge in [-0.3, -0.25) is 0 Å². The quantitative estimate of drug-likeness (QED) is 0.524. The van der Waals surface area contributed by atoms with Crippen LogP contribution in [-0.4, -0.2) is 36.0 Å². The number of hydrogen-bond donors (Lipinski definition) is 0. The van der Waals surface area contributed by atoms with Crippen molar-refractivity contribution in [3.63, 3.8) is 0 Å². The highest BCUT2D eigenvalue weighted by atomic mass is 35.5. The van der Waals surface area contributed by atoms with Gasteiger partial charge in [-0.25, -0.2) is 9.79 Å². The summed E-state index contributed by atoms with van der Waals surface area (Å²) in [5, 5.41) is 0. The van der Waals surface area contributed by atoms with Crippen LogP contribution in [0.4, 0.5) is 0 Å². The van der Waals surface area contributed by atoms with Crippen molar-refractivity contribution in [3.05, 3.63) is 0 Å². The van der Waals surface area contributed by atoms with Crippen LogP contribution in [0, 0.1) is 0 Å². The molecule has 0 aromatic carbocycles. The van der Waals surface area contributed by atoms with Crippen LogP contribution in [0.25, 0.3) is 0 Å². The number of carbonyl (C=O) groups is 1. The van der Waals surface area contributed by atoms with E-state index in [1.165, 1.54) is 7.11 Å². The van der Waals surface area contributed by atoms with E-state index in [1.54, 1.807) is 6.92 Å². The van der Waals surface area contributed by atoms with E-state index in [0.717, 1.165) is 0 Å². The van der Waals surface area contributed by atoms with Crippen LogP contribution in [0.2, 0.25) is 0 Å². The molecule has 0 N–H and O–H groups in total. The number of nitrogens with zero attached hydrogens (tertiary/aromatic N) is 1. The lowest BCUT2D eigenvalue weighted by molar-refractivity contribution is -0.143. The first-order valence-electron chi connectivity index (χ1n) is 3.66. The standard InChI is InChI=1S/C7H9Cl2NO3/c1-3-4(7(11)12-2)10-6(13-3)5(8)9/h3-5H,1-2H3/t3-,4+/m0/s1. The van der Waals surface area contributed by atoms with Crippen LogP contribution in [0.5, 0.6) is 0 Å². The Balaban J connectivity index is 2.72. The molecule has 0 aliphatic carbocycles. The molecule has 6 heteroatoms. The number of carbonyl (C=O) groups excluding carboxylic acids is 1. The molecule has 74 valence electrons. The molecule has 0 bridgehead atoms. The Bertz CT molecular complexity index is 242. The molecule has 0 aromatic rings. The second kappa shape index (κ2) is 4.15. The summed E-state index contributed by atoms with van der Waals surface area (Å²) in [5.74, 6) is -0.275. The van der Waals surface area contributed by atoms with Crippen molar-refractivity contribution < 1.29 is 14.3 Å². The molecule has 0 amide bonds.